The fourth-order valence-corrected chi connectivity index (χ4v) is 3.90. The van der Waals surface area contributed by atoms with E-state index >= 15 is 0 Å². The lowest BCUT2D eigenvalue weighted by atomic mass is 10.2. The maximum atomic E-state index is 12.3. The lowest BCUT2D eigenvalue weighted by Crippen LogP contribution is -2.47. The van der Waals surface area contributed by atoms with Crippen LogP contribution in [0.2, 0.25) is 0 Å². The van der Waals surface area contributed by atoms with Gasteiger partial charge in [0.1, 0.15) is 5.75 Å². The Morgan fingerprint density at radius 1 is 1.17 bits per heavy atom. The number of aromatic nitrogens is 1. The second kappa shape index (κ2) is 8.75. The Morgan fingerprint density at radius 3 is 2.70 bits per heavy atom. The van der Waals surface area contributed by atoms with Crippen LogP contribution < -0.4 is 9.64 Å². The predicted octanol–water partition coefficient (Wildman–Crippen LogP) is 2.90. The zero-order chi connectivity index (χ0) is 21.1. The molecule has 1 aliphatic rings. The number of hydrogen-bond acceptors (Lipinski definition) is 6. The summed E-state index contributed by atoms with van der Waals surface area (Å²) in [7, 11) is 5.15. The average molecular weight is 409 g/mol. The van der Waals surface area contributed by atoms with E-state index in [9.17, 15) is 4.79 Å². The molecule has 7 nitrogen and oxygen atoms in total. The van der Waals surface area contributed by atoms with E-state index < -0.39 is 0 Å². The Hall–Kier alpha value is -3.06. The fourth-order valence-electron chi connectivity index (χ4n) is 3.90. The van der Waals surface area contributed by atoms with E-state index in [1.807, 2.05) is 36.5 Å². The van der Waals surface area contributed by atoms with Crippen molar-refractivity contribution in [3.63, 3.8) is 0 Å². The molecule has 1 saturated heterocycles. The van der Waals surface area contributed by atoms with Crippen molar-refractivity contribution in [3.8, 4) is 5.75 Å². The van der Waals surface area contributed by atoms with E-state index in [1.54, 1.807) is 21.2 Å². The minimum absolute atomic E-state index is 0.119. The highest BCUT2D eigenvalue weighted by Gasteiger charge is 2.22. The summed E-state index contributed by atoms with van der Waals surface area (Å²) in [6.07, 6.45) is 2.68. The molecule has 30 heavy (non-hydrogen) atoms. The average Bonchev–Trinajstić information content (AvgIpc) is 3.22. The van der Waals surface area contributed by atoms with Crippen LogP contribution in [0.3, 0.4) is 0 Å². The molecule has 0 saturated carbocycles. The molecule has 0 bridgehead atoms. The number of benzene rings is 1. The van der Waals surface area contributed by atoms with Gasteiger partial charge in [0.05, 0.1) is 18.5 Å². The standard InChI is InChI=1S/C23H28N4O3/c1-25(2)23(28)21-16-17-6-4-7-19(22(17)30-21)27-14-12-26(13-15-27)11-9-18-20(29-3)8-5-10-24-18/h4-8,10,16H,9,11-15H2,1-3H3. The molecule has 0 radical (unpaired) electrons. The number of carbonyl (C=O) groups is 1. The second-order valence-corrected chi connectivity index (χ2v) is 7.74. The third-order valence-electron chi connectivity index (χ3n) is 5.59. The van der Waals surface area contributed by atoms with Gasteiger partial charge in [0.15, 0.2) is 11.3 Å². The monoisotopic (exact) mass is 408 g/mol. The van der Waals surface area contributed by atoms with Crippen LogP contribution in [0.1, 0.15) is 16.2 Å². The van der Waals surface area contributed by atoms with Crippen LogP contribution in [0.15, 0.2) is 47.0 Å². The molecule has 1 amide bonds. The van der Waals surface area contributed by atoms with E-state index in [2.05, 4.69) is 20.9 Å². The molecule has 7 heteroatoms. The smallest absolute Gasteiger partial charge is 0.289 e. The molecule has 3 heterocycles. The normalized spacial score (nSPS) is 14.8. The lowest BCUT2D eigenvalue weighted by Gasteiger charge is -2.36. The van der Waals surface area contributed by atoms with E-state index in [-0.39, 0.29) is 5.91 Å². The summed E-state index contributed by atoms with van der Waals surface area (Å²) in [4.78, 5) is 23.1. The van der Waals surface area contributed by atoms with Crippen molar-refractivity contribution in [2.45, 2.75) is 6.42 Å². The summed E-state index contributed by atoms with van der Waals surface area (Å²) in [5.41, 5.74) is 2.84. The first-order valence-electron chi connectivity index (χ1n) is 10.3. The Morgan fingerprint density at radius 2 is 1.97 bits per heavy atom. The molecule has 0 N–H and O–H groups in total. The summed E-state index contributed by atoms with van der Waals surface area (Å²) in [5, 5.41) is 0.961. The van der Waals surface area contributed by atoms with Crippen molar-refractivity contribution in [1.29, 1.82) is 0 Å². The van der Waals surface area contributed by atoms with Gasteiger partial charge in [0, 0.05) is 64.8 Å². The number of anilines is 1. The van der Waals surface area contributed by atoms with Gasteiger partial charge < -0.3 is 19.0 Å². The SMILES string of the molecule is COc1cccnc1CCN1CCN(c2cccc3cc(C(=O)N(C)C)oc23)CC1. The molecule has 158 valence electrons. The van der Waals surface area contributed by atoms with Crippen LogP contribution in [-0.4, -0.2) is 74.6 Å². The number of carbonyl (C=O) groups excluding carboxylic acids is 1. The molecule has 1 aromatic carbocycles. The number of rotatable bonds is 6. The lowest BCUT2D eigenvalue weighted by molar-refractivity contribution is 0.0799. The van der Waals surface area contributed by atoms with Crippen molar-refractivity contribution in [2.24, 2.45) is 0 Å². The first-order chi connectivity index (χ1) is 14.6. The quantitative estimate of drug-likeness (QED) is 0.625. The van der Waals surface area contributed by atoms with Gasteiger partial charge in [-0.3, -0.25) is 14.7 Å². The van der Waals surface area contributed by atoms with Gasteiger partial charge in [-0.05, 0) is 24.3 Å². The Labute approximate surface area is 176 Å². The van der Waals surface area contributed by atoms with Gasteiger partial charge in [0.2, 0.25) is 0 Å². The first kappa shape index (κ1) is 20.2. The molecule has 3 aromatic rings. The zero-order valence-electron chi connectivity index (χ0n) is 17.8. The van der Waals surface area contributed by atoms with Crippen LogP contribution in [0.5, 0.6) is 5.75 Å². The van der Waals surface area contributed by atoms with Gasteiger partial charge in [-0.25, -0.2) is 0 Å². The Bertz CT molecular complexity index is 1020. The maximum Gasteiger partial charge on any atom is 0.289 e. The molecule has 4 rings (SSSR count). The van der Waals surface area contributed by atoms with Gasteiger partial charge >= 0.3 is 0 Å². The van der Waals surface area contributed by atoms with Crippen LogP contribution in [0, 0.1) is 0 Å². The molecule has 0 spiro atoms. The Balaban J connectivity index is 1.41. The number of fused-ring (bicyclic) bond motifs is 1. The van der Waals surface area contributed by atoms with Crippen LogP contribution in [0.25, 0.3) is 11.0 Å². The highest BCUT2D eigenvalue weighted by Crippen LogP contribution is 2.31. The molecule has 1 aliphatic heterocycles. The molecular weight excluding hydrogens is 380 g/mol. The molecule has 0 atom stereocenters. The van der Waals surface area contributed by atoms with Gasteiger partial charge in [0.25, 0.3) is 5.91 Å². The molecule has 0 unspecified atom stereocenters. The summed E-state index contributed by atoms with van der Waals surface area (Å²) < 4.78 is 11.4. The van der Waals surface area contributed by atoms with Crippen molar-refractivity contribution >= 4 is 22.6 Å². The van der Waals surface area contributed by atoms with Crippen LogP contribution >= 0.6 is 0 Å². The maximum absolute atomic E-state index is 12.3. The van der Waals surface area contributed by atoms with Crippen LogP contribution in [0.4, 0.5) is 5.69 Å². The second-order valence-electron chi connectivity index (χ2n) is 7.74. The number of pyridine rings is 1. The third-order valence-corrected chi connectivity index (χ3v) is 5.59. The van der Waals surface area contributed by atoms with Gasteiger partial charge in [-0.2, -0.15) is 0 Å². The summed E-state index contributed by atoms with van der Waals surface area (Å²) in [6, 6.07) is 11.8. The van der Waals surface area contributed by atoms with Crippen molar-refractivity contribution in [3.05, 3.63) is 54.0 Å². The van der Waals surface area contributed by atoms with Crippen LogP contribution in [-0.2, 0) is 6.42 Å². The number of methoxy groups -OCH3 is 1. The number of hydrogen-bond donors (Lipinski definition) is 0. The summed E-state index contributed by atoms with van der Waals surface area (Å²) in [5.74, 6) is 1.11. The first-order valence-corrected chi connectivity index (χ1v) is 10.3. The van der Waals surface area contributed by atoms with E-state index in [0.29, 0.717) is 5.76 Å². The number of amides is 1. The predicted molar refractivity (Wildman–Crippen MR) is 117 cm³/mol. The van der Waals surface area contributed by atoms with Gasteiger partial charge in [-0.1, -0.05) is 12.1 Å². The molecule has 2 aromatic heterocycles. The minimum atomic E-state index is -0.119. The van der Waals surface area contributed by atoms with Crippen molar-refractivity contribution < 1.29 is 13.9 Å². The summed E-state index contributed by atoms with van der Waals surface area (Å²) >= 11 is 0. The molecular formula is C23H28N4O3. The van der Waals surface area contributed by atoms with Gasteiger partial charge in [-0.15, -0.1) is 0 Å². The zero-order valence-corrected chi connectivity index (χ0v) is 17.8. The highest BCUT2D eigenvalue weighted by molar-refractivity contribution is 5.99. The topological polar surface area (TPSA) is 62.1 Å². The molecule has 0 aliphatic carbocycles. The number of nitrogens with zero attached hydrogens (tertiary/aromatic N) is 4. The Kier molecular flexibility index (Phi) is 5.90. The number of para-hydroxylation sites is 1. The minimum Gasteiger partial charge on any atom is -0.495 e. The van der Waals surface area contributed by atoms with Crippen molar-refractivity contribution in [2.75, 3.05) is 58.8 Å². The number of ether oxygens (including phenoxy) is 1. The van der Waals surface area contributed by atoms with E-state index in [1.165, 1.54) is 4.90 Å². The third kappa shape index (κ3) is 4.11. The molecule has 1 fully saturated rings. The van der Waals surface area contributed by atoms with E-state index in [4.69, 9.17) is 9.15 Å². The number of furan rings is 1. The van der Waals surface area contributed by atoms with E-state index in [0.717, 1.165) is 67.2 Å². The van der Waals surface area contributed by atoms with Crippen molar-refractivity contribution in [1.82, 2.24) is 14.8 Å². The highest BCUT2D eigenvalue weighted by atomic mass is 16.5. The number of piperazine rings is 1. The summed E-state index contributed by atoms with van der Waals surface area (Å²) in [6.45, 7) is 4.71. The fraction of sp³-hybridized carbons (Fsp3) is 0.391. The largest absolute Gasteiger partial charge is 0.495 e.